The van der Waals surface area contributed by atoms with Crippen molar-refractivity contribution >= 4 is 18.5 Å². The molecule has 0 unspecified atom stereocenters. The van der Waals surface area contributed by atoms with Crippen LogP contribution in [-0.4, -0.2) is 30.3 Å². The molecule has 0 bridgehead atoms. The van der Waals surface area contributed by atoms with Crippen molar-refractivity contribution in [2.75, 3.05) is 0 Å². The summed E-state index contributed by atoms with van der Waals surface area (Å²) in [7, 11) is -0.432. The highest BCUT2D eigenvalue weighted by Gasteiger charge is 2.51. The third kappa shape index (κ3) is 2.80. The third-order valence-corrected chi connectivity index (χ3v) is 4.94. The quantitative estimate of drug-likeness (QED) is 0.871. The fourth-order valence-corrected chi connectivity index (χ4v) is 2.50. The minimum Gasteiger partial charge on any atom is -0.399 e. The van der Waals surface area contributed by atoms with Gasteiger partial charge in [-0.25, -0.2) is 0 Å². The van der Waals surface area contributed by atoms with E-state index in [1.54, 1.807) is 0 Å². The Kier molecular flexibility index (Phi) is 3.61. The summed E-state index contributed by atoms with van der Waals surface area (Å²) in [6, 6.07) is 6.19. The summed E-state index contributed by atoms with van der Waals surface area (Å²) in [4.78, 5) is 12.3. The van der Waals surface area contributed by atoms with E-state index in [1.807, 2.05) is 52.8 Å². The van der Waals surface area contributed by atoms with Gasteiger partial charge in [-0.2, -0.15) is 0 Å². The second-order valence-electron chi connectivity index (χ2n) is 7.41. The van der Waals surface area contributed by atoms with Gasteiger partial charge in [-0.1, -0.05) is 12.1 Å². The third-order valence-electron chi connectivity index (χ3n) is 4.94. The predicted octanol–water partition coefficient (Wildman–Crippen LogP) is 2.19. The number of nitrogens with one attached hydrogen (secondary N) is 1. The van der Waals surface area contributed by atoms with Crippen molar-refractivity contribution in [2.24, 2.45) is 0 Å². The molecule has 0 radical (unpaired) electrons. The van der Waals surface area contributed by atoms with Crippen LogP contribution in [0, 0.1) is 6.92 Å². The average Bonchev–Trinajstić information content (AvgIpc) is 3.17. The highest BCUT2D eigenvalue weighted by molar-refractivity contribution is 6.62. The van der Waals surface area contributed by atoms with Gasteiger partial charge in [0, 0.05) is 11.6 Å². The summed E-state index contributed by atoms with van der Waals surface area (Å²) in [5.74, 6) is -0.00151. The predicted molar refractivity (Wildman–Crippen MR) is 87.4 cm³/mol. The molecule has 1 aliphatic heterocycles. The van der Waals surface area contributed by atoms with E-state index in [1.165, 1.54) is 0 Å². The van der Waals surface area contributed by atoms with Gasteiger partial charge in [-0.15, -0.1) is 0 Å². The minimum absolute atomic E-state index is 0.00151. The Hall–Kier alpha value is -1.33. The first-order valence-corrected chi connectivity index (χ1v) is 7.97. The number of rotatable bonds is 3. The van der Waals surface area contributed by atoms with E-state index >= 15 is 0 Å². The molecule has 5 heteroatoms. The van der Waals surface area contributed by atoms with Crippen LogP contribution in [0.4, 0.5) is 0 Å². The first-order chi connectivity index (χ1) is 10.2. The van der Waals surface area contributed by atoms with Crippen LogP contribution >= 0.6 is 0 Å². The van der Waals surface area contributed by atoms with Gasteiger partial charge in [0.05, 0.1) is 11.2 Å². The van der Waals surface area contributed by atoms with Crippen LogP contribution in [0.25, 0.3) is 0 Å². The molecule has 4 nitrogen and oxygen atoms in total. The van der Waals surface area contributed by atoms with Crippen molar-refractivity contribution in [3.63, 3.8) is 0 Å². The monoisotopic (exact) mass is 301 g/mol. The first kappa shape index (κ1) is 15.6. The van der Waals surface area contributed by atoms with E-state index in [0.717, 1.165) is 23.9 Å². The smallest absolute Gasteiger partial charge is 0.399 e. The molecule has 1 aromatic carbocycles. The average molecular weight is 301 g/mol. The number of hydrogen-bond donors (Lipinski definition) is 1. The summed E-state index contributed by atoms with van der Waals surface area (Å²) in [6.07, 6.45) is 2.17. The Morgan fingerprint density at radius 2 is 1.77 bits per heavy atom. The lowest BCUT2D eigenvalue weighted by Gasteiger charge is -2.32. The van der Waals surface area contributed by atoms with Gasteiger partial charge in [0.2, 0.25) is 0 Å². The molecular weight excluding hydrogens is 277 g/mol. The number of benzene rings is 1. The topological polar surface area (TPSA) is 47.6 Å². The van der Waals surface area contributed by atoms with E-state index in [0.29, 0.717) is 11.6 Å². The molecular formula is C17H24BNO3. The normalized spacial score (nSPS) is 22.7. The fourth-order valence-electron chi connectivity index (χ4n) is 2.50. The zero-order valence-corrected chi connectivity index (χ0v) is 14.0. The van der Waals surface area contributed by atoms with Gasteiger partial charge < -0.3 is 14.6 Å². The Morgan fingerprint density at radius 3 is 2.32 bits per heavy atom. The summed E-state index contributed by atoms with van der Waals surface area (Å²) in [5, 5.41) is 3.04. The van der Waals surface area contributed by atoms with Crippen LogP contribution in [0.1, 0.15) is 56.5 Å². The van der Waals surface area contributed by atoms with E-state index in [-0.39, 0.29) is 17.1 Å². The van der Waals surface area contributed by atoms with Crippen LogP contribution in [0.2, 0.25) is 0 Å². The van der Waals surface area contributed by atoms with Gasteiger partial charge in [-0.3, -0.25) is 4.79 Å². The molecule has 3 rings (SSSR count). The molecule has 1 saturated heterocycles. The molecule has 0 spiro atoms. The zero-order chi connectivity index (χ0) is 16.1. The molecule has 1 amide bonds. The Balaban J connectivity index is 1.85. The SMILES string of the molecule is Cc1ccc(B2OC(C)(C)C(C)(C)O2)cc1C(=O)NC1CC1. The van der Waals surface area contributed by atoms with Crippen LogP contribution in [0.5, 0.6) is 0 Å². The molecule has 2 aliphatic rings. The van der Waals surface area contributed by atoms with Crippen LogP contribution in [0.3, 0.4) is 0 Å². The second-order valence-corrected chi connectivity index (χ2v) is 7.41. The largest absolute Gasteiger partial charge is 0.494 e. The summed E-state index contributed by atoms with van der Waals surface area (Å²) >= 11 is 0. The standard InChI is InChI=1S/C17H24BNO3/c1-11-6-7-12(10-14(11)15(20)19-13-8-9-13)18-21-16(2,3)17(4,5)22-18/h6-7,10,13H,8-9H2,1-5H3,(H,19,20). The molecule has 1 saturated carbocycles. The van der Waals surface area contributed by atoms with Crippen molar-refractivity contribution < 1.29 is 14.1 Å². The number of carbonyl (C=O) groups excluding carboxylic acids is 1. The summed E-state index contributed by atoms with van der Waals surface area (Å²) < 4.78 is 12.1. The number of amides is 1. The number of hydrogen-bond acceptors (Lipinski definition) is 3. The van der Waals surface area contributed by atoms with Gasteiger partial charge in [0.25, 0.3) is 5.91 Å². The number of carbonyl (C=O) groups is 1. The molecule has 1 N–H and O–H groups in total. The van der Waals surface area contributed by atoms with Crippen molar-refractivity contribution in [1.29, 1.82) is 0 Å². The lowest BCUT2D eigenvalue weighted by molar-refractivity contribution is 0.00578. The van der Waals surface area contributed by atoms with Gasteiger partial charge in [0.1, 0.15) is 0 Å². The number of aryl methyl sites for hydroxylation is 1. The van der Waals surface area contributed by atoms with E-state index in [2.05, 4.69) is 5.32 Å². The molecule has 1 heterocycles. The summed E-state index contributed by atoms with van der Waals surface area (Å²) in [5.41, 5.74) is 1.82. The van der Waals surface area contributed by atoms with Gasteiger partial charge >= 0.3 is 7.12 Å². The highest BCUT2D eigenvalue weighted by Crippen LogP contribution is 2.36. The molecule has 0 aromatic heterocycles. The van der Waals surface area contributed by atoms with Crippen LogP contribution in [-0.2, 0) is 9.31 Å². The second kappa shape index (κ2) is 5.10. The van der Waals surface area contributed by atoms with E-state index < -0.39 is 7.12 Å². The zero-order valence-electron chi connectivity index (χ0n) is 14.0. The van der Waals surface area contributed by atoms with Crippen LogP contribution in [0.15, 0.2) is 18.2 Å². The molecule has 118 valence electrons. The molecule has 22 heavy (non-hydrogen) atoms. The maximum atomic E-state index is 12.3. The van der Waals surface area contributed by atoms with Crippen LogP contribution < -0.4 is 10.8 Å². The van der Waals surface area contributed by atoms with Gasteiger partial charge in [-0.05, 0) is 64.6 Å². The Bertz CT molecular complexity index is 592. The Labute approximate surface area is 132 Å². The molecule has 2 fully saturated rings. The molecule has 0 atom stereocenters. The Morgan fingerprint density at radius 1 is 1.18 bits per heavy atom. The van der Waals surface area contributed by atoms with Crippen molar-refractivity contribution in [3.8, 4) is 0 Å². The van der Waals surface area contributed by atoms with Crippen molar-refractivity contribution in [1.82, 2.24) is 5.32 Å². The summed E-state index contributed by atoms with van der Waals surface area (Å²) in [6.45, 7) is 10.1. The maximum absolute atomic E-state index is 12.3. The fraction of sp³-hybridized carbons (Fsp3) is 0.588. The molecule has 1 aliphatic carbocycles. The minimum atomic E-state index is -0.432. The van der Waals surface area contributed by atoms with E-state index in [4.69, 9.17) is 9.31 Å². The maximum Gasteiger partial charge on any atom is 0.494 e. The van der Waals surface area contributed by atoms with Gasteiger partial charge in [0.15, 0.2) is 0 Å². The van der Waals surface area contributed by atoms with E-state index in [9.17, 15) is 4.79 Å². The lowest BCUT2D eigenvalue weighted by Crippen LogP contribution is -2.41. The highest BCUT2D eigenvalue weighted by atomic mass is 16.7. The lowest BCUT2D eigenvalue weighted by atomic mass is 9.77. The molecule has 1 aromatic rings. The van der Waals surface area contributed by atoms with Crippen molar-refractivity contribution in [2.45, 2.75) is 64.7 Å². The first-order valence-electron chi connectivity index (χ1n) is 7.97. The van der Waals surface area contributed by atoms with Crippen molar-refractivity contribution in [3.05, 3.63) is 29.3 Å².